The molecule has 27 heavy (non-hydrogen) atoms. The number of aliphatic imine (C=N–C) groups is 1. The molecular formula is C20H34FN3O3. The van der Waals surface area contributed by atoms with E-state index in [9.17, 15) is 4.39 Å². The normalized spacial score (nSPS) is 12.8. The van der Waals surface area contributed by atoms with Crippen LogP contribution in [0.25, 0.3) is 0 Å². The Hall–Kier alpha value is -1.70. The lowest BCUT2D eigenvalue weighted by Crippen LogP contribution is -2.39. The lowest BCUT2D eigenvalue weighted by Gasteiger charge is -2.16. The summed E-state index contributed by atoms with van der Waals surface area (Å²) >= 11 is 0. The Morgan fingerprint density at radius 1 is 1.04 bits per heavy atom. The first-order valence-corrected chi connectivity index (χ1v) is 9.67. The highest BCUT2D eigenvalue weighted by atomic mass is 19.1. The fourth-order valence-corrected chi connectivity index (χ4v) is 2.32. The van der Waals surface area contributed by atoms with Gasteiger partial charge in [0.15, 0.2) is 5.96 Å². The number of nitrogens with zero attached hydrogens (tertiary/aromatic N) is 1. The summed E-state index contributed by atoms with van der Waals surface area (Å²) in [6, 6.07) is 6.29. The molecule has 0 bridgehead atoms. The standard InChI is InChI=1S/C20H34FN3O3/c1-4-6-12-26-14-15-27-13-11-23-20(22-5-2)24-16-19(25-3)17-7-9-18(21)10-8-17/h7-10,19H,4-6,11-16H2,1-3H3,(H2,22,23,24). The molecule has 0 spiro atoms. The van der Waals surface area contributed by atoms with Gasteiger partial charge in [0.25, 0.3) is 0 Å². The molecule has 1 aromatic carbocycles. The zero-order valence-electron chi connectivity index (χ0n) is 16.8. The molecule has 1 unspecified atom stereocenters. The zero-order valence-corrected chi connectivity index (χ0v) is 16.8. The Bertz CT molecular complexity index is 512. The largest absolute Gasteiger partial charge is 0.379 e. The Balaban J connectivity index is 2.33. The number of rotatable bonds is 14. The third-order valence-electron chi connectivity index (χ3n) is 3.84. The Labute approximate surface area is 162 Å². The van der Waals surface area contributed by atoms with Crippen molar-refractivity contribution in [3.05, 3.63) is 35.6 Å². The summed E-state index contributed by atoms with van der Waals surface area (Å²) in [6.07, 6.45) is 2.00. The fourth-order valence-electron chi connectivity index (χ4n) is 2.32. The lowest BCUT2D eigenvalue weighted by atomic mass is 10.1. The van der Waals surface area contributed by atoms with Crippen LogP contribution in [0.4, 0.5) is 4.39 Å². The van der Waals surface area contributed by atoms with Crippen LogP contribution in [0.2, 0.25) is 0 Å². The Morgan fingerprint density at radius 2 is 1.74 bits per heavy atom. The molecule has 0 aromatic heterocycles. The summed E-state index contributed by atoms with van der Waals surface area (Å²) in [6.45, 7) is 8.58. The molecule has 0 aliphatic carbocycles. The van der Waals surface area contributed by atoms with E-state index in [1.54, 1.807) is 19.2 Å². The van der Waals surface area contributed by atoms with Crippen LogP contribution in [0.5, 0.6) is 0 Å². The van der Waals surface area contributed by atoms with E-state index < -0.39 is 0 Å². The van der Waals surface area contributed by atoms with Crippen LogP contribution in [0, 0.1) is 5.82 Å². The molecule has 2 N–H and O–H groups in total. The number of unbranched alkanes of at least 4 members (excludes halogenated alkanes) is 1. The fraction of sp³-hybridized carbons (Fsp3) is 0.650. The summed E-state index contributed by atoms with van der Waals surface area (Å²) in [7, 11) is 1.63. The van der Waals surface area contributed by atoms with Gasteiger partial charge < -0.3 is 24.8 Å². The number of hydrogen-bond acceptors (Lipinski definition) is 4. The van der Waals surface area contributed by atoms with Gasteiger partial charge in [-0.3, -0.25) is 4.99 Å². The molecule has 1 aromatic rings. The van der Waals surface area contributed by atoms with E-state index in [2.05, 4.69) is 22.5 Å². The van der Waals surface area contributed by atoms with Gasteiger partial charge in [-0.15, -0.1) is 0 Å². The van der Waals surface area contributed by atoms with Crippen molar-refractivity contribution in [1.82, 2.24) is 10.6 Å². The number of hydrogen-bond donors (Lipinski definition) is 2. The molecular weight excluding hydrogens is 349 g/mol. The Kier molecular flexibility index (Phi) is 13.3. The minimum Gasteiger partial charge on any atom is -0.379 e. The van der Waals surface area contributed by atoms with Crippen molar-refractivity contribution in [2.24, 2.45) is 4.99 Å². The van der Waals surface area contributed by atoms with Crippen LogP contribution in [-0.2, 0) is 14.2 Å². The zero-order chi connectivity index (χ0) is 19.7. The first kappa shape index (κ1) is 23.3. The molecule has 1 rings (SSSR count). The van der Waals surface area contributed by atoms with Gasteiger partial charge in [-0.2, -0.15) is 0 Å². The van der Waals surface area contributed by atoms with Crippen LogP contribution in [0.1, 0.15) is 38.4 Å². The highest BCUT2D eigenvalue weighted by Crippen LogP contribution is 2.17. The third-order valence-corrected chi connectivity index (χ3v) is 3.84. The van der Waals surface area contributed by atoms with Crippen LogP contribution in [-0.4, -0.2) is 59.1 Å². The van der Waals surface area contributed by atoms with Gasteiger partial charge in [0.2, 0.25) is 0 Å². The molecule has 0 aliphatic rings. The predicted octanol–water partition coefficient (Wildman–Crippen LogP) is 2.90. The van der Waals surface area contributed by atoms with Crippen molar-refractivity contribution in [3.63, 3.8) is 0 Å². The molecule has 0 radical (unpaired) electrons. The van der Waals surface area contributed by atoms with E-state index in [-0.39, 0.29) is 11.9 Å². The van der Waals surface area contributed by atoms with Crippen LogP contribution in [0.15, 0.2) is 29.3 Å². The van der Waals surface area contributed by atoms with E-state index >= 15 is 0 Å². The van der Waals surface area contributed by atoms with Crippen molar-refractivity contribution >= 4 is 5.96 Å². The second-order valence-corrected chi connectivity index (χ2v) is 6.00. The molecule has 0 aliphatic heterocycles. The monoisotopic (exact) mass is 383 g/mol. The predicted molar refractivity (Wildman–Crippen MR) is 107 cm³/mol. The number of halogens is 1. The maximum Gasteiger partial charge on any atom is 0.191 e. The van der Waals surface area contributed by atoms with Gasteiger partial charge in [-0.1, -0.05) is 25.5 Å². The number of ether oxygens (including phenoxy) is 3. The van der Waals surface area contributed by atoms with Gasteiger partial charge >= 0.3 is 0 Å². The van der Waals surface area contributed by atoms with Crippen molar-refractivity contribution in [3.8, 4) is 0 Å². The van der Waals surface area contributed by atoms with E-state index in [1.807, 2.05) is 6.92 Å². The summed E-state index contributed by atoms with van der Waals surface area (Å²) < 4.78 is 29.5. The maximum atomic E-state index is 13.1. The maximum absolute atomic E-state index is 13.1. The first-order chi connectivity index (χ1) is 13.2. The number of guanidine groups is 1. The number of nitrogens with one attached hydrogen (secondary N) is 2. The highest BCUT2D eigenvalue weighted by Gasteiger charge is 2.10. The lowest BCUT2D eigenvalue weighted by molar-refractivity contribution is 0.0487. The van der Waals surface area contributed by atoms with Crippen molar-refractivity contribution in [1.29, 1.82) is 0 Å². The summed E-state index contributed by atoms with van der Waals surface area (Å²) in [5.74, 6) is 0.437. The van der Waals surface area contributed by atoms with Crippen molar-refractivity contribution in [2.45, 2.75) is 32.8 Å². The quantitative estimate of drug-likeness (QED) is 0.294. The van der Waals surface area contributed by atoms with E-state index in [4.69, 9.17) is 14.2 Å². The van der Waals surface area contributed by atoms with Crippen molar-refractivity contribution < 1.29 is 18.6 Å². The molecule has 0 saturated heterocycles. The van der Waals surface area contributed by atoms with E-state index in [1.165, 1.54) is 12.1 Å². The molecule has 154 valence electrons. The van der Waals surface area contributed by atoms with Crippen LogP contribution >= 0.6 is 0 Å². The van der Waals surface area contributed by atoms with E-state index in [0.717, 1.165) is 31.6 Å². The summed E-state index contributed by atoms with van der Waals surface area (Å²) in [5, 5.41) is 6.42. The number of methoxy groups -OCH3 is 1. The summed E-state index contributed by atoms with van der Waals surface area (Å²) in [5.41, 5.74) is 0.893. The van der Waals surface area contributed by atoms with Gasteiger partial charge in [0, 0.05) is 26.8 Å². The second kappa shape index (κ2) is 15.4. The van der Waals surface area contributed by atoms with Crippen LogP contribution in [0.3, 0.4) is 0 Å². The van der Waals surface area contributed by atoms with Gasteiger partial charge in [-0.05, 0) is 31.0 Å². The SMILES string of the molecule is CCCCOCCOCCNC(=NCC(OC)c1ccc(F)cc1)NCC. The highest BCUT2D eigenvalue weighted by molar-refractivity contribution is 5.79. The molecule has 0 fully saturated rings. The minimum absolute atomic E-state index is 0.224. The average Bonchev–Trinajstić information content (AvgIpc) is 2.68. The average molecular weight is 384 g/mol. The summed E-state index contributed by atoms with van der Waals surface area (Å²) in [4.78, 5) is 4.55. The third kappa shape index (κ3) is 10.9. The molecule has 0 amide bonds. The van der Waals surface area contributed by atoms with Crippen molar-refractivity contribution in [2.75, 3.05) is 53.2 Å². The van der Waals surface area contributed by atoms with Crippen LogP contribution < -0.4 is 10.6 Å². The van der Waals surface area contributed by atoms with Gasteiger partial charge in [0.1, 0.15) is 11.9 Å². The molecule has 0 heterocycles. The van der Waals surface area contributed by atoms with E-state index in [0.29, 0.717) is 38.9 Å². The van der Waals surface area contributed by atoms with Gasteiger partial charge in [-0.25, -0.2) is 4.39 Å². The first-order valence-electron chi connectivity index (χ1n) is 9.67. The van der Waals surface area contributed by atoms with Gasteiger partial charge in [0.05, 0.1) is 26.4 Å². The molecule has 1 atom stereocenters. The topological polar surface area (TPSA) is 64.1 Å². The minimum atomic E-state index is -0.261. The molecule has 7 heteroatoms. The second-order valence-electron chi connectivity index (χ2n) is 6.00. The molecule has 6 nitrogen and oxygen atoms in total. The molecule has 0 saturated carbocycles. The number of benzene rings is 1. The Morgan fingerprint density at radius 3 is 2.37 bits per heavy atom. The smallest absolute Gasteiger partial charge is 0.191 e.